The molecule has 2 N–H and O–H groups in total. The van der Waals surface area contributed by atoms with Crippen molar-refractivity contribution >= 4 is 31.9 Å². The Bertz CT molecular complexity index is 563. The van der Waals surface area contributed by atoms with Crippen LogP contribution in [0, 0.1) is 0 Å². The maximum absolute atomic E-state index is 11.8. The normalized spacial score (nSPS) is 11.3. The van der Waals surface area contributed by atoms with Gasteiger partial charge in [0.2, 0.25) is 5.95 Å². The third-order valence-electron chi connectivity index (χ3n) is 1.85. The Labute approximate surface area is 101 Å². The summed E-state index contributed by atoms with van der Waals surface area (Å²) >= 11 is 3.24. The first-order chi connectivity index (χ1) is 7.58. The molecule has 1 aromatic carbocycles. The fourth-order valence-corrected chi connectivity index (χ4v) is 2.36. The van der Waals surface area contributed by atoms with Crippen LogP contribution in [0.3, 0.4) is 0 Å². The van der Waals surface area contributed by atoms with E-state index in [4.69, 9.17) is 0 Å². The Morgan fingerprint density at radius 3 is 2.50 bits per heavy atom. The molecule has 0 aliphatic rings. The lowest BCUT2D eigenvalue weighted by Gasteiger charge is -2.04. The van der Waals surface area contributed by atoms with Crippen LogP contribution in [0.4, 0.5) is 5.95 Å². The maximum Gasteiger partial charge on any atom is 0.264 e. The van der Waals surface area contributed by atoms with Crippen molar-refractivity contribution in [1.29, 1.82) is 0 Å². The van der Waals surface area contributed by atoms with Crippen LogP contribution in [0.25, 0.3) is 0 Å². The summed E-state index contributed by atoms with van der Waals surface area (Å²) in [6.07, 6.45) is 3.01. The second-order valence-electron chi connectivity index (χ2n) is 3.00. The average molecular weight is 302 g/mol. The van der Waals surface area contributed by atoms with Crippen molar-refractivity contribution in [3.63, 3.8) is 0 Å². The molecule has 16 heavy (non-hydrogen) atoms. The Balaban J connectivity index is 2.29. The molecule has 0 unspecified atom stereocenters. The molecule has 0 spiro atoms. The Morgan fingerprint density at radius 1 is 1.25 bits per heavy atom. The smallest absolute Gasteiger partial charge is 0.264 e. The molecule has 5 nitrogen and oxygen atoms in total. The van der Waals surface area contributed by atoms with Gasteiger partial charge in [0.25, 0.3) is 10.0 Å². The lowest BCUT2D eigenvalue weighted by Crippen LogP contribution is -2.13. The molecule has 2 aromatic rings. The molecule has 0 atom stereocenters. The van der Waals surface area contributed by atoms with Crippen LogP contribution >= 0.6 is 15.9 Å². The first-order valence-electron chi connectivity index (χ1n) is 4.36. The lowest BCUT2D eigenvalue weighted by atomic mass is 10.4. The monoisotopic (exact) mass is 301 g/mol. The number of nitrogens with one attached hydrogen (secondary N) is 2. The number of hydrogen-bond acceptors (Lipinski definition) is 3. The van der Waals surface area contributed by atoms with Gasteiger partial charge in [-0.15, -0.1) is 0 Å². The zero-order chi connectivity index (χ0) is 11.6. The van der Waals surface area contributed by atoms with Crippen molar-refractivity contribution in [3.8, 4) is 0 Å². The van der Waals surface area contributed by atoms with Crippen LogP contribution in [0.1, 0.15) is 0 Å². The Hall–Kier alpha value is -1.34. The zero-order valence-corrected chi connectivity index (χ0v) is 10.4. The fourth-order valence-electron chi connectivity index (χ4n) is 1.12. The minimum Gasteiger partial charge on any atom is -0.330 e. The quantitative estimate of drug-likeness (QED) is 0.910. The SMILES string of the molecule is O=S(=O)(Nc1ncc[nH]1)c1ccc(Br)cc1. The van der Waals surface area contributed by atoms with E-state index in [9.17, 15) is 8.42 Å². The van der Waals surface area contributed by atoms with Gasteiger partial charge < -0.3 is 4.98 Å². The van der Waals surface area contributed by atoms with E-state index in [-0.39, 0.29) is 10.8 Å². The molecule has 0 aliphatic heterocycles. The van der Waals surface area contributed by atoms with Gasteiger partial charge in [0.1, 0.15) is 0 Å². The topological polar surface area (TPSA) is 74.8 Å². The van der Waals surface area contributed by atoms with E-state index < -0.39 is 10.0 Å². The highest BCUT2D eigenvalue weighted by Crippen LogP contribution is 2.16. The largest absolute Gasteiger partial charge is 0.330 e. The average Bonchev–Trinajstić information content (AvgIpc) is 2.70. The molecular weight excluding hydrogens is 294 g/mol. The second-order valence-corrected chi connectivity index (χ2v) is 5.60. The van der Waals surface area contributed by atoms with E-state index in [1.165, 1.54) is 18.3 Å². The van der Waals surface area contributed by atoms with Gasteiger partial charge in [0.15, 0.2) is 0 Å². The van der Waals surface area contributed by atoms with Gasteiger partial charge in [-0.1, -0.05) is 15.9 Å². The minimum atomic E-state index is -3.56. The molecule has 1 heterocycles. The van der Waals surface area contributed by atoms with Gasteiger partial charge in [-0.3, -0.25) is 0 Å². The van der Waals surface area contributed by atoms with Crippen molar-refractivity contribution in [1.82, 2.24) is 9.97 Å². The first-order valence-corrected chi connectivity index (χ1v) is 6.63. The predicted molar refractivity (Wildman–Crippen MR) is 63.5 cm³/mol. The number of benzene rings is 1. The summed E-state index contributed by atoms with van der Waals surface area (Å²) in [4.78, 5) is 6.64. The van der Waals surface area contributed by atoms with Crippen molar-refractivity contribution in [2.75, 3.05) is 4.72 Å². The Kier molecular flexibility index (Phi) is 2.97. The van der Waals surface area contributed by atoms with Gasteiger partial charge in [-0.05, 0) is 24.3 Å². The maximum atomic E-state index is 11.8. The number of aromatic amines is 1. The first kappa shape index (κ1) is 11.2. The molecule has 1 aromatic heterocycles. The standard InChI is InChI=1S/C9H8BrN3O2S/c10-7-1-3-8(4-2-7)16(14,15)13-9-11-5-6-12-9/h1-6H,(H2,11,12,13). The second kappa shape index (κ2) is 4.26. The van der Waals surface area contributed by atoms with Crippen LogP contribution in [0.15, 0.2) is 46.0 Å². The van der Waals surface area contributed by atoms with E-state index in [2.05, 4.69) is 30.6 Å². The highest BCUT2D eigenvalue weighted by atomic mass is 79.9. The number of imidazole rings is 1. The predicted octanol–water partition coefficient (Wildman–Crippen LogP) is 1.97. The van der Waals surface area contributed by atoms with Crippen LogP contribution in [-0.4, -0.2) is 18.4 Å². The van der Waals surface area contributed by atoms with E-state index in [0.29, 0.717) is 0 Å². The van der Waals surface area contributed by atoms with Gasteiger partial charge in [-0.25, -0.2) is 18.1 Å². The van der Waals surface area contributed by atoms with Crippen molar-refractivity contribution in [2.24, 2.45) is 0 Å². The van der Waals surface area contributed by atoms with Crippen LogP contribution in [-0.2, 0) is 10.0 Å². The highest BCUT2D eigenvalue weighted by Gasteiger charge is 2.14. The van der Waals surface area contributed by atoms with Crippen LogP contribution in [0.5, 0.6) is 0 Å². The molecule has 0 aliphatic carbocycles. The summed E-state index contributed by atoms with van der Waals surface area (Å²) in [5.41, 5.74) is 0. The molecule has 2 rings (SSSR count). The van der Waals surface area contributed by atoms with Crippen molar-refractivity contribution in [3.05, 3.63) is 41.1 Å². The van der Waals surface area contributed by atoms with E-state index in [1.807, 2.05) is 0 Å². The summed E-state index contributed by atoms with van der Waals surface area (Å²) in [6.45, 7) is 0. The van der Waals surface area contributed by atoms with Crippen LogP contribution < -0.4 is 4.72 Å². The molecule has 0 saturated carbocycles. The summed E-state index contributed by atoms with van der Waals surface area (Å²) in [6, 6.07) is 6.35. The van der Waals surface area contributed by atoms with Crippen molar-refractivity contribution < 1.29 is 8.42 Å². The van der Waals surface area contributed by atoms with E-state index in [1.54, 1.807) is 18.3 Å². The van der Waals surface area contributed by atoms with Gasteiger partial charge >= 0.3 is 0 Å². The number of sulfonamides is 1. The molecule has 0 radical (unpaired) electrons. The molecule has 84 valence electrons. The highest BCUT2D eigenvalue weighted by molar-refractivity contribution is 9.10. The number of hydrogen-bond donors (Lipinski definition) is 2. The third-order valence-corrected chi connectivity index (χ3v) is 3.74. The van der Waals surface area contributed by atoms with Gasteiger partial charge in [0.05, 0.1) is 4.90 Å². The lowest BCUT2D eigenvalue weighted by molar-refractivity contribution is 0.601. The Morgan fingerprint density at radius 2 is 1.94 bits per heavy atom. The summed E-state index contributed by atoms with van der Waals surface area (Å²) in [7, 11) is -3.56. The summed E-state index contributed by atoms with van der Waals surface area (Å²) in [5, 5.41) is 0. The number of anilines is 1. The minimum absolute atomic E-state index is 0.187. The molecule has 0 fully saturated rings. The number of H-pyrrole nitrogens is 1. The molecule has 7 heteroatoms. The fraction of sp³-hybridized carbons (Fsp3) is 0. The molecule has 0 bridgehead atoms. The van der Waals surface area contributed by atoms with Crippen LogP contribution in [0.2, 0.25) is 0 Å². The van der Waals surface area contributed by atoms with E-state index >= 15 is 0 Å². The number of aromatic nitrogens is 2. The van der Waals surface area contributed by atoms with Crippen molar-refractivity contribution in [2.45, 2.75) is 4.90 Å². The summed E-state index contributed by atoms with van der Waals surface area (Å²) in [5.74, 6) is 0.197. The summed E-state index contributed by atoms with van der Waals surface area (Å²) < 4.78 is 26.8. The number of rotatable bonds is 3. The van der Waals surface area contributed by atoms with Gasteiger partial charge in [-0.2, -0.15) is 0 Å². The van der Waals surface area contributed by atoms with E-state index in [0.717, 1.165) is 4.47 Å². The van der Waals surface area contributed by atoms with Gasteiger partial charge in [0, 0.05) is 16.9 Å². The number of nitrogens with zero attached hydrogens (tertiary/aromatic N) is 1. The number of halogens is 1. The molecule has 0 saturated heterocycles. The third kappa shape index (κ3) is 2.42. The zero-order valence-electron chi connectivity index (χ0n) is 8.01. The molecule has 0 amide bonds. The molecular formula is C9H8BrN3O2S.